The molecule has 1 saturated carbocycles. The molecule has 0 atom stereocenters. The number of ether oxygens (including phenoxy) is 1. The Hall–Kier alpha value is -1.39. The Morgan fingerprint density at radius 3 is 2.62 bits per heavy atom. The Kier molecular flexibility index (Phi) is 3.22. The van der Waals surface area contributed by atoms with Crippen molar-refractivity contribution in [1.82, 2.24) is 0 Å². The van der Waals surface area contributed by atoms with E-state index in [1.165, 1.54) is 12.1 Å². The van der Waals surface area contributed by atoms with Gasteiger partial charge in [-0.3, -0.25) is 0 Å². The molecule has 0 spiro atoms. The molecule has 0 aliphatic heterocycles. The van der Waals surface area contributed by atoms with Gasteiger partial charge in [-0.1, -0.05) is 0 Å². The fourth-order valence-electron chi connectivity index (χ4n) is 1.59. The van der Waals surface area contributed by atoms with Gasteiger partial charge in [0.2, 0.25) is 0 Å². The highest BCUT2D eigenvalue weighted by Crippen LogP contribution is 2.31. The van der Waals surface area contributed by atoms with Gasteiger partial charge in [-0.05, 0) is 31.4 Å². The quantitative estimate of drug-likeness (QED) is 0.857. The number of nitrogens with one attached hydrogen (secondary N) is 1. The van der Waals surface area contributed by atoms with Gasteiger partial charge < -0.3 is 10.1 Å². The fraction of sp³-hybridized carbons (Fsp3) is 0.455. The van der Waals surface area contributed by atoms with Crippen LogP contribution in [0.1, 0.15) is 19.3 Å². The monoisotopic (exact) mass is 231 g/mol. The third-order valence-electron chi connectivity index (χ3n) is 2.62. The van der Waals surface area contributed by atoms with Crippen LogP contribution in [0.5, 0.6) is 5.75 Å². The van der Waals surface area contributed by atoms with Gasteiger partial charge in [-0.2, -0.15) is 8.78 Å². The van der Waals surface area contributed by atoms with Crippen LogP contribution in [0.4, 0.5) is 18.9 Å². The number of alkyl halides is 2. The molecular formula is C11H12F3NO. The Morgan fingerprint density at radius 1 is 1.31 bits per heavy atom. The van der Waals surface area contributed by atoms with Crippen LogP contribution in [0.25, 0.3) is 0 Å². The van der Waals surface area contributed by atoms with Crippen LogP contribution < -0.4 is 10.1 Å². The maximum absolute atomic E-state index is 13.0. The molecule has 88 valence electrons. The summed E-state index contributed by atoms with van der Waals surface area (Å²) < 4.78 is 41.5. The number of hydrogen-bond acceptors (Lipinski definition) is 2. The molecule has 16 heavy (non-hydrogen) atoms. The zero-order chi connectivity index (χ0) is 11.5. The minimum atomic E-state index is -2.90. The van der Waals surface area contributed by atoms with E-state index in [9.17, 15) is 13.2 Å². The molecule has 1 N–H and O–H groups in total. The average Bonchev–Trinajstić information content (AvgIpc) is 2.15. The lowest BCUT2D eigenvalue weighted by Crippen LogP contribution is -2.27. The first-order chi connectivity index (χ1) is 7.65. The van der Waals surface area contributed by atoms with Crippen LogP contribution in [0.2, 0.25) is 0 Å². The maximum Gasteiger partial charge on any atom is 0.387 e. The Bertz CT molecular complexity index is 366. The van der Waals surface area contributed by atoms with Crippen LogP contribution in [-0.2, 0) is 0 Å². The topological polar surface area (TPSA) is 21.3 Å². The summed E-state index contributed by atoms with van der Waals surface area (Å²) in [5.41, 5.74) is 0.296. The molecule has 0 aromatic heterocycles. The fourth-order valence-corrected chi connectivity index (χ4v) is 1.59. The molecule has 1 aliphatic carbocycles. The number of rotatable bonds is 4. The van der Waals surface area contributed by atoms with Gasteiger partial charge in [0, 0.05) is 12.1 Å². The average molecular weight is 231 g/mol. The predicted octanol–water partition coefficient (Wildman–Crippen LogP) is 3.39. The van der Waals surface area contributed by atoms with E-state index in [0.717, 1.165) is 25.3 Å². The normalized spacial score (nSPS) is 16.0. The van der Waals surface area contributed by atoms with Crippen molar-refractivity contribution in [2.75, 3.05) is 5.32 Å². The number of anilines is 1. The Labute approximate surface area is 91.4 Å². The smallest absolute Gasteiger partial charge is 0.387 e. The minimum absolute atomic E-state index is 0.0108. The molecule has 2 nitrogen and oxygen atoms in total. The van der Waals surface area contributed by atoms with E-state index >= 15 is 0 Å². The second-order valence-corrected chi connectivity index (χ2v) is 3.79. The van der Waals surface area contributed by atoms with Crippen molar-refractivity contribution < 1.29 is 17.9 Å². The third-order valence-corrected chi connectivity index (χ3v) is 2.62. The second kappa shape index (κ2) is 4.63. The van der Waals surface area contributed by atoms with E-state index in [1.54, 1.807) is 0 Å². The predicted molar refractivity (Wildman–Crippen MR) is 54.3 cm³/mol. The zero-order valence-corrected chi connectivity index (χ0v) is 8.55. The summed E-state index contributed by atoms with van der Waals surface area (Å²) in [6.45, 7) is -2.90. The Balaban J connectivity index is 2.14. The van der Waals surface area contributed by atoms with Gasteiger partial charge in [0.15, 0.2) is 0 Å². The van der Waals surface area contributed by atoms with Gasteiger partial charge in [0.05, 0.1) is 5.69 Å². The highest BCUT2D eigenvalue weighted by molar-refractivity contribution is 5.57. The van der Waals surface area contributed by atoms with Crippen LogP contribution in [0.15, 0.2) is 18.2 Å². The molecule has 0 saturated heterocycles. The summed E-state index contributed by atoms with van der Waals surface area (Å²) in [5.74, 6) is -0.480. The first-order valence-corrected chi connectivity index (χ1v) is 5.16. The summed E-state index contributed by atoms with van der Waals surface area (Å²) in [6, 6.07) is 3.73. The van der Waals surface area contributed by atoms with E-state index in [2.05, 4.69) is 10.1 Å². The van der Waals surface area contributed by atoms with Crippen LogP contribution in [-0.4, -0.2) is 12.7 Å². The number of halogens is 3. The van der Waals surface area contributed by atoms with Crippen molar-refractivity contribution >= 4 is 5.69 Å². The van der Waals surface area contributed by atoms with E-state index in [0.29, 0.717) is 5.69 Å². The van der Waals surface area contributed by atoms with E-state index in [1.807, 2.05) is 0 Å². The molecule has 1 fully saturated rings. The lowest BCUT2D eigenvalue weighted by molar-refractivity contribution is -0.0494. The molecule has 1 aromatic rings. The van der Waals surface area contributed by atoms with Crippen molar-refractivity contribution in [1.29, 1.82) is 0 Å². The molecule has 0 heterocycles. The van der Waals surface area contributed by atoms with Crippen molar-refractivity contribution in [2.45, 2.75) is 31.9 Å². The largest absolute Gasteiger partial charge is 0.433 e. The van der Waals surface area contributed by atoms with Gasteiger partial charge in [0.25, 0.3) is 0 Å². The summed E-state index contributed by atoms with van der Waals surface area (Å²) >= 11 is 0. The third kappa shape index (κ3) is 2.59. The zero-order valence-electron chi connectivity index (χ0n) is 8.55. The van der Waals surface area contributed by atoms with Crippen LogP contribution in [0, 0.1) is 5.82 Å². The number of hydrogen-bond donors (Lipinski definition) is 1. The highest BCUT2D eigenvalue weighted by atomic mass is 19.3. The lowest BCUT2D eigenvalue weighted by Gasteiger charge is -2.28. The van der Waals surface area contributed by atoms with Gasteiger partial charge in [-0.15, -0.1) is 0 Å². The molecular weight excluding hydrogens is 219 g/mol. The minimum Gasteiger partial charge on any atom is -0.433 e. The summed E-state index contributed by atoms with van der Waals surface area (Å²) in [5, 5.41) is 2.99. The Morgan fingerprint density at radius 2 is 2.06 bits per heavy atom. The maximum atomic E-state index is 13.0. The van der Waals surface area contributed by atoms with Crippen molar-refractivity contribution in [3.63, 3.8) is 0 Å². The molecule has 0 bridgehead atoms. The molecule has 1 aliphatic rings. The van der Waals surface area contributed by atoms with E-state index < -0.39 is 12.4 Å². The summed E-state index contributed by atoms with van der Waals surface area (Å²) in [6.07, 6.45) is 3.06. The van der Waals surface area contributed by atoms with Crippen molar-refractivity contribution in [3.05, 3.63) is 24.0 Å². The standard InChI is InChI=1S/C11H12F3NO/c12-7-4-5-10(16-11(13)14)9(6-7)15-8-2-1-3-8/h4-6,8,11,15H,1-3H2. The van der Waals surface area contributed by atoms with Crippen LogP contribution in [0.3, 0.4) is 0 Å². The molecule has 0 radical (unpaired) electrons. The van der Waals surface area contributed by atoms with E-state index in [4.69, 9.17) is 0 Å². The first-order valence-electron chi connectivity index (χ1n) is 5.16. The van der Waals surface area contributed by atoms with E-state index in [-0.39, 0.29) is 11.8 Å². The molecule has 0 amide bonds. The van der Waals surface area contributed by atoms with Gasteiger partial charge in [-0.25, -0.2) is 4.39 Å². The molecule has 1 aromatic carbocycles. The van der Waals surface area contributed by atoms with Crippen LogP contribution >= 0.6 is 0 Å². The molecule has 5 heteroatoms. The summed E-state index contributed by atoms with van der Waals surface area (Å²) in [7, 11) is 0. The second-order valence-electron chi connectivity index (χ2n) is 3.79. The number of benzene rings is 1. The van der Waals surface area contributed by atoms with Crippen molar-refractivity contribution in [2.24, 2.45) is 0 Å². The first kappa shape index (κ1) is 11.1. The van der Waals surface area contributed by atoms with Gasteiger partial charge >= 0.3 is 6.61 Å². The highest BCUT2D eigenvalue weighted by Gasteiger charge is 2.19. The lowest BCUT2D eigenvalue weighted by atomic mass is 9.93. The molecule has 2 rings (SSSR count). The summed E-state index contributed by atoms with van der Waals surface area (Å²) in [4.78, 5) is 0. The van der Waals surface area contributed by atoms with Crippen molar-refractivity contribution in [3.8, 4) is 5.75 Å². The molecule has 0 unspecified atom stereocenters. The SMILES string of the molecule is Fc1ccc(OC(F)F)c(NC2CCC2)c1. The van der Waals surface area contributed by atoms with Gasteiger partial charge in [0.1, 0.15) is 11.6 Å².